The van der Waals surface area contributed by atoms with Crippen LogP contribution in [-0.2, 0) is 0 Å². The molecule has 2 aromatic heterocycles. The van der Waals surface area contributed by atoms with E-state index >= 15 is 0 Å². The normalized spacial score (nSPS) is 8.71. The van der Waals surface area contributed by atoms with Crippen LogP contribution in [0.1, 0.15) is 5.69 Å². The van der Waals surface area contributed by atoms with Crippen molar-refractivity contribution in [2.75, 3.05) is 7.11 Å². The highest BCUT2D eigenvalue weighted by molar-refractivity contribution is 5.08. The molecule has 74 valence electrons. The fourth-order valence-electron chi connectivity index (χ4n) is 0.793. The summed E-state index contributed by atoms with van der Waals surface area (Å²) in [6.45, 7) is 1.97. The lowest BCUT2D eigenvalue weighted by Crippen LogP contribution is -1.83. The highest BCUT2D eigenvalue weighted by atomic mass is 16.5. The SMILES string of the molecule is COc1ccccn1.Cc1cnc[nH]1. The van der Waals surface area contributed by atoms with Crippen LogP contribution in [0.2, 0.25) is 0 Å². The van der Waals surface area contributed by atoms with E-state index < -0.39 is 0 Å². The fourth-order valence-corrected chi connectivity index (χ4v) is 0.793. The lowest BCUT2D eigenvalue weighted by Gasteiger charge is -1.92. The minimum Gasteiger partial charge on any atom is -0.481 e. The Labute approximate surface area is 83.0 Å². The van der Waals surface area contributed by atoms with Crippen molar-refractivity contribution in [2.45, 2.75) is 6.92 Å². The first-order valence-electron chi connectivity index (χ1n) is 4.23. The van der Waals surface area contributed by atoms with Gasteiger partial charge in [0, 0.05) is 24.2 Å². The number of aryl methyl sites for hydroxylation is 1. The Balaban J connectivity index is 0.000000146. The first kappa shape index (κ1) is 10.2. The van der Waals surface area contributed by atoms with E-state index in [1.165, 1.54) is 0 Å². The van der Waals surface area contributed by atoms with Crippen LogP contribution in [0.4, 0.5) is 0 Å². The van der Waals surface area contributed by atoms with Gasteiger partial charge in [0.25, 0.3) is 0 Å². The first-order valence-corrected chi connectivity index (χ1v) is 4.23. The van der Waals surface area contributed by atoms with Crippen molar-refractivity contribution < 1.29 is 4.74 Å². The Morgan fingerprint density at radius 3 is 2.50 bits per heavy atom. The van der Waals surface area contributed by atoms with Crippen LogP contribution in [0, 0.1) is 6.92 Å². The van der Waals surface area contributed by atoms with Gasteiger partial charge in [0.15, 0.2) is 0 Å². The molecule has 0 aliphatic rings. The molecule has 2 rings (SSSR count). The van der Waals surface area contributed by atoms with Gasteiger partial charge in [-0.25, -0.2) is 9.97 Å². The molecule has 0 saturated carbocycles. The monoisotopic (exact) mass is 191 g/mol. The van der Waals surface area contributed by atoms with Crippen molar-refractivity contribution in [2.24, 2.45) is 0 Å². The average molecular weight is 191 g/mol. The molecule has 0 spiro atoms. The molecule has 0 aromatic carbocycles. The Bertz CT molecular complexity index is 332. The summed E-state index contributed by atoms with van der Waals surface area (Å²) in [6.07, 6.45) is 5.13. The van der Waals surface area contributed by atoms with Crippen LogP contribution in [0.5, 0.6) is 5.88 Å². The highest BCUT2D eigenvalue weighted by Crippen LogP contribution is 1.99. The maximum absolute atomic E-state index is 4.80. The molecule has 14 heavy (non-hydrogen) atoms. The summed E-state index contributed by atoms with van der Waals surface area (Å²) >= 11 is 0. The standard InChI is InChI=1S/C6H7NO.C4H6N2/c1-8-6-4-2-3-5-7-6;1-4-2-5-3-6-4/h2-5H,1H3;2-3H,1H3,(H,5,6). The van der Waals surface area contributed by atoms with Crippen LogP contribution < -0.4 is 4.74 Å². The zero-order valence-corrected chi connectivity index (χ0v) is 8.27. The molecule has 0 atom stereocenters. The molecule has 2 aromatic rings. The van der Waals surface area contributed by atoms with Gasteiger partial charge in [0.05, 0.1) is 13.4 Å². The van der Waals surface area contributed by atoms with Gasteiger partial charge in [0.2, 0.25) is 5.88 Å². The lowest BCUT2D eigenvalue weighted by molar-refractivity contribution is 0.398. The molecular formula is C10H13N3O. The molecule has 0 bridgehead atoms. The molecule has 1 N–H and O–H groups in total. The topological polar surface area (TPSA) is 50.8 Å². The van der Waals surface area contributed by atoms with Gasteiger partial charge in [-0.05, 0) is 13.0 Å². The van der Waals surface area contributed by atoms with Crippen molar-refractivity contribution in [3.8, 4) is 5.88 Å². The van der Waals surface area contributed by atoms with Crippen LogP contribution in [0.3, 0.4) is 0 Å². The molecule has 0 unspecified atom stereocenters. The quantitative estimate of drug-likeness (QED) is 0.747. The van der Waals surface area contributed by atoms with Gasteiger partial charge in [-0.15, -0.1) is 0 Å². The number of ether oxygens (including phenoxy) is 1. The molecule has 4 nitrogen and oxygen atoms in total. The zero-order chi connectivity index (χ0) is 10.2. The van der Waals surface area contributed by atoms with Crippen LogP contribution in [-0.4, -0.2) is 22.1 Å². The maximum Gasteiger partial charge on any atom is 0.212 e. The molecule has 2 heterocycles. The second kappa shape index (κ2) is 5.75. The number of imidazole rings is 1. The fraction of sp³-hybridized carbons (Fsp3) is 0.200. The number of pyridine rings is 1. The minimum absolute atomic E-state index is 0.660. The Hall–Kier alpha value is -1.84. The predicted octanol–water partition coefficient (Wildman–Crippen LogP) is 1.81. The molecular weight excluding hydrogens is 178 g/mol. The van der Waals surface area contributed by atoms with E-state index in [0.29, 0.717) is 5.88 Å². The van der Waals surface area contributed by atoms with Crippen molar-refractivity contribution in [3.63, 3.8) is 0 Å². The lowest BCUT2D eigenvalue weighted by atomic mass is 10.5. The minimum atomic E-state index is 0.660. The predicted molar refractivity (Wildman–Crippen MR) is 54.1 cm³/mol. The van der Waals surface area contributed by atoms with E-state index in [4.69, 9.17) is 4.74 Å². The third-order valence-corrected chi connectivity index (χ3v) is 1.48. The summed E-state index contributed by atoms with van der Waals surface area (Å²) in [5, 5.41) is 0. The number of nitrogens with zero attached hydrogens (tertiary/aromatic N) is 2. The van der Waals surface area contributed by atoms with E-state index in [9.17, 15) is 0 Å². The molecule has 0 aliphatic carbocycles. The average Bonchev–Trinajstić information content (AvgIpc) is 2.71. The van der Waals surface area contributed by atoms with E-state index in [1.54, 1.807) is 31.9 Å². The number of hydrogen-bond donors (Lipinski definition) is 1. The third-order valence-electron chi connectivity index (χ3n) is 1.48. The van der Waals surface area contributed by atoms with E-state index in [2.05, 4.69) is 15.0 Å². The first-order chi connectivity index (χ1) is 6.83. The second-order valence-corrected chi connectivity index (χ2v) is 2.61. The van der Waals surface area contributed by atoms with Gasteiger partial charge in [-0.3, -0.25) is 0 Å². The number of H-pyrrole nitrogens is 1. The summed E-state index contributed by atoms with van der Waals surface area (Å²) < 4.78 is 4.80. The van der Waals surface area contributed by atoms with Crippen molar-refractivity contribution in [3.05, 3.63) is 42.6 Å². The number of rotatable bonds is 1. The third kappa shape index (κ3) is 3.71. The van der Waals surface area contributed by atoms with Crippen LogP contribution >= 0.6 is 0 Å². The summed E-state index contributed by atoms with van der Waals surface area (Å²) in [7, 11) is 1.60. The van der Waals surface area contributed by atoms with E-state index in [-0.39, 0.29) is 0 Å². The zero-order valence-electron chi connectivity index (χ0n) is 8.27. The van der Waals surface area contributed by atoms with Gasteiger partial charge in [-0.2, -0.15) is 0 Å². The Kier molecular flexibility index (Phi) is 4.20. The van der Waals surface area contributed by atoms with Gasteiger partial charge < -0.3 is 9.72 Å². The smallest absolute Gasteiger partial charge is 0.212 e. The largest absolute Gasteiger partial charge is 0.481 e. The number of aromatic nitrogens is 3. The highest BCUT2D eigenvalue weighted by Gasteiger charge is 1.82. The number of aromatic amines is 1. The number of hydrogen-bond acceptors (Lipinski definition) is 3. The Morgan fingerprint density at radius 1 is 1.36 bits per heavy atom. The van der Waals surface area contributed by atoms with Gasteiger partial charge >= 0.3 is 0 Å². The van der Waals surface area contributed by atoms with E-state index in [1.807, 2.05) is 19.1 Å². The van der Waals surface area contributed by atoms with Gasteiger partial charge in [-0.1, -0.05) is 6.07 Å². The summed E-state index contributed by atoms with van der Waals surface area (Å²) in [4.78, 5) is 10.5. The molecule has 0 aliphatic heterocycles. The second-order valence-electron chi connectivity index (χ2n) is 2.61. The van der Waals surface area contributed by atoms with Crippen molar-refractivity contribution >= 4 is 0 Å². The molecule has 4 heteroatoms. The van der Waals surface area contributed by atoms with Crippen molar-refractivity contribution in [1.82, 2.24) is 15.0 Å². The van der Waals surface area contributed by atoms with Crippen LogP contribution in [0.25, 0.3) is 0 Å². The molecule has 0 amide bonds. The number of methoxy groups -OCH3 is 1. The maximum atomic E-state index is 4.80. The molecule has 0 fully saturated rings. The molecule has 0 saturated heterocycles. The van der Waals surface area contributed by atoms with Crippen LogP contribution in [0.15, 0.2) is 36.9 Å². The summed E-state index contributed by atoms with van der Waals surface area (Å²) in [6, 6.07) is 5.54. The van der Waals surface area contributed by atoms with Crippen molar-refractivity contribution in [1.29, 1.82) is 0 Å². The Morgan fingerprint density at radius 2 is 2.21 bits per heavy atom. The summed E-state index contributed by atoms with van der Waals surface area (Å²) in [5.41, 5.74) is 1.11. The summed E-state index contributed by atoms with van der Waals surface area (Å²) in [5.74, 6) is 0.660. The molecule has 0 radical (unpaired) electrons. The van der Waals surface area contributed by atoms with Gasteiger partial charge in [0.1, 0.15) is 0 Å². The van der Waals surface area contributed by atoms with E-state index in [0.717, 1.165) is 5.69 Å². The number of nitrogens with one attached hydrogen (secondary N) is 1.